The minimum Gasteiger partial charge on any atom is -0.481 e. The average Bonchev–Trinajstić information content (AvgIpc) is 2.22. The Kier molecular flexibility index (Phi) is 3.90. The Hall–Kier alpha value is -1.55. The molecule has 1 unspecified atom stereocenters. The Bertz CT molecular complexity index is 431. The fourth-order valence-corrected chi connectivity index (χ4v) is 1.21. The summed E-state index contributed by atoms with van der Waals surface area (Å²) in [6.07, 6.45) is 0. The molecule has 0 radical (unpaired) electrons. The fraction of sp³-hybridized carbons (Fsp3) is 0.273. The number of aliphatic carboxylic acids is 1. The number of halogens is 1. The van der Waals surface area contributed by atoms with Crippen LogP contribution < -0.4 is 5.32 Å². The molecule has 0 aliphatic heterocycles. The summed E-state index contributed by atoms with van der Waals surface area (Å²) in [6, 6.07) is 5.01. The molecule has 0 spiro atoms. The lowest BCUT2D eigenvalue weighted by molar-refractivity contribution is -0.144. The highest BCUT2D eigenvalue weighted by Crippen LogP contribution is 2.20. The number of carbonyl (C=O) groups is 2. The third-order valence-electron chi connectivity index (χ3n) is 2.20. The van der Waals surface area contributed by atoms with Crippen LogP contribution in [0, 0.1) is 12.8 Å². The van der Waals surface area contributed by atoms with Gasteiger partial charge in [0, 0.05) is 10.7 Å². The monoisotopic (exact) mass is 241 g/mol. The molecule has 16 heavy (non-hydrogen) atoms. The van der Waals surface area contributed by atoms with Gasteiger partial charge in [0.15, 0.2) is 0 Å². The number of carboxylic acid groups (broad SMARTS) is 1. The van der Waals surface area contributed by atoms with Crippen LogP contribution in [-0.2, 0) is 9.59 Å². The van der Waals surface area contributed by atoms with Crippen LogP contribution >= 0.6 is 11.6 Å². The lowest BCUT2D eigenvalue weighted by Crippen LogP contribution is -2.26. The second-order valence-electron chi connectivity index (χ2n) is 3.51. The second-order valence-corrected chi connectivity index (χ2v) is 3.92. The number of hydrogen-bond donors (Lipinski definition) is 2. The van der Waals surface area contributed by atoms with Gasteiger partial charge in [-0.25, -0.2) is 0 Å². The molecule has 1 aromatic carbocycles. The first-order valence-corrected chi connectivity index (χ1v) is 5.09. The van der Waals surface area contributed by atoms with E-state index >= 15 is 0 Å². The van der Waals surface area contributed by atoms with Crippen molar-refractivity contribution in [1.29, 1.82) is 0 Å². The maximum Gasteiger partial charge on any atom is 0.315 e. The predicted octanol–water partition coefficient (Wildman–Crippen LogP) is 2.31. The standard InChI is InChI=1S/C11H12ClNO3/c1-6-3-4-8(5-9(6)12)13-10(14)7(2)11(15)16/h3-5,7H,1-2H3,(H,13,14)(H,15,16). The van der Waals surface area contributed by atoms with Gasteiger partial charge in [-0.15, -0.1) is 0 Å². The summed E-state index contributed by atoms with van der Waals surface area (Å²) in [5.41, 5.74) is 1.39. The third-order valence-corrected chi connectivity index (χ3v) is 2.61. The van der Waals surface area contributed by atoms with E-state index in [0.29, 0.717) is 10.7 Å². The maximum atomic E-state index is 11.4. The van der Waals surface area contributed by atoms with E-state index in [1.807, 2.05) is 6.92 Å². The molecule has 0 saturated carbocycles. The van der Waals surface area contributed by atoms with E-state index in [0.717, 1.165) is 5.56 Å². The van der Waals surface area contributed by atoms with Crippen LogP contribution in [0.2, 0.25) is 5.02 Å². The molecule has 2 N–H and O–H groups in total. The zero-order valence-corrected chi connectivity index (χ0v) is 9.71. The Balaban J connectivity index is 2.77. The molecular formula is C11H12ClNO3. The first-order chi connectivity index (χ1) is 7.41. The molecule has 0 aliphatic carbocycles. The Morgan fingerprint density at radius 1 is 1.44 bits per heavy atom. The molecule has 1 rings (SSSR count). The second kappa shape index (κ2) is 4.99. The highest BCUT2D eigenvalue weighted by atomic mass is 35.5. The molecule has 1 amide bonds. The number of carbonyl (C=O) groups excluding carboxylic acids is 1. The summed E-state index contributed by atoms with van der Waals surface area (Å²) in [5.74, 6) is -2.80. The van der Waals surface area contributed by atoms with Crippen LogP contribution in [-0.4, -0.2) is 17.0 Å². The highest BCUT2D eigenvalue weighted by Gasteiger charge is 2.20. The van der Waals surface area contributed by atoms with E-state index in [1.165, 1.54) is 6.92 Å². The van der Waals surface area contributed by atoms with Gasteiger partial charge in [-0.1, -0.05) is 17.7 Å². The number of nitrogens with one attached hydrogen (secondary N) is 1. The third kappa shape index (κ3) is 2.97. The molecule has 0 aliphatic rings. The molecule has 4 nitrogen and oxygen atoms in total. The van der Waals surface area contributed by atoms with Gasteiger partial charge < -0.3 is 10.4 Å². The smallest absolute Gasteiger partial charge is 0.315 e. The molecule has 1 aromatic rings. The van der Waals surface area contributed by atoms with E-state index in [-0.39, 0.29) is 0 Å². The minimum atomic E-state index is -1.16. The number of rotatable bonds is 3. The van der Waals surface area contributed by atoms with Crippen molar-refractivity contribution in [2.45, 2.75) is 13.8 Å². The van der Waals surface area contributed by atoms with Crippen molar-refractivity contribution in [1.82, 2.24) is 0 Å². The van der Waals surface area contributed by atoms with E-state index in [2.05, 4.69) is 5.32 Å². The molecule has 1 atom stereocenters. The molecule has 0 aromatic heterocycles. The van der Waals surface area contributed by atoms with Crippen molar-refractivity contribution in [2.75, 3.05) is 5.32 Å². The van der Waals surface area contributed by atoms with Crippen LogP contribution in [0.4, 0.5) is 5.69 Å². The quantitative estimate of drug-likeness (QED) is 0.798. The molecule has 0 heterocycles. The van der Waals surface area contributed by atoms with Crippen molar-refractivity contribution < 1.29 is 14.7 Å². The van der Waals surface area contributed by atoms with Gasteiger partial charge in [0.05, 0.1) is 0 Å². The Labute approximate surface area is 98.2 Å². The lowest BCUT2D eigenvalue weighted by Gasteiger charge is -2.09. The number of hydrogen-bond acceptors (Lipinski definition) is 2. The molecular weight excluding hydrogens is 230 g/mol. The first-order valence-electron chi connectivity index (χ1n) is 4.71. The van der Waals surface area contributed by atoms with Crippen molar-refractivity contribution in [3.63, 3.8) is 0 Å². The maximum absolute atomic E-state index is 11.4. The van der Waals surface area contributed by atoms with Crippen LogP contribution in [0.5, 0.6) is 0 Å². The molecule has 0 fully saturated rings. The molecule has 86 valence electrons. The fourth-order valence-electron chi connectivity index (χ4n) is 1.03. The van der Waals surface area contributed by atoms with Gasteiger partial charge in [-0.2, -0.15) is 0 Å². The van der Waals surface area contributed by atoms with Crippen LogP contribution in [0.25, 0.3) is 0 Å². The van der Waals surface area contributed by atoms with E-state index in [1.54, 1.807) is 18.2 Å². The lowest BCUT2D eigenvalue weighted by atomic mass is 10.1. The summed E-state index contributed by atoms with van der Waals surface area (Å²) in [4.78, 5) is 22.0. The largest absolute Gasteiger partial charge is 0.481 e. The number of aryl methyl sites for hydroxylation is 1. The molecule has 0 saturated heterocycles. The van der Waals surface area contributed by atoms with Crippen LogP contribution in [0.1, 0.15) is 12.5 Å². The van der Waals surface area contributed by atoms with Gasteiger partial charge in [0.1, 0.15) is 5.92 Å². The molecule has 0 bridgehead atoms. The van der Waals surface area contributed by atoms with E-state index in [4.69, 9.17) is 16.7 Å². The zero-order valence-electron chi connectivity index (χ0n) is 8.95. The summed E-state index contributed by atoms with van der Waals surface area (Å²) in [7, 11) is 0. The van der Waals surface area contributed by atoms with Gasteiger partial charge in [-0.3, -0.25) is 9.59 Å². The normalized spacial score (nSPS) is 11.9. The highest BCUT2D eigenvalue weighted by molar-refractivity contribution is 6.31. The summed E-state index contributed by atoms with van der Waals surface area (Å²) < 4.78 is 0. The number of benzene rings is 1. The van der Waals surface area contributed by atoms with Gasteiger partial charge in [0.2, 0.25) is 5.91 Å². The van der Waals surface area contributed by atoms with Crippen LogP contribution in [0.3, 0.4) is 0 Å². The van der Waals surface area contributed by atoms with Gasteiger partial charge in [0.25, 0.3) is 0 Å². The van der Waals surface area contributed by atoms with Gasteiger partial charge >= 0.3 is 5.97 Å². The average molecular weight is 242 g/mol. The SMILES string of the molecule is Cc1ccc(NC(=O)C(C)C(=O)O)cc1Cl. The zero-order chi connectivity index (χ0) is 12.3. The number of anilines is 1. The van der Waals surface area contributed by atoms with E-state index in [9.17, 15) is 9.59 Å². The predicted molar refractivity (Wildman–Crippen MR) is 61.6 cm³/mol. The molecule has 5 heteroatoms. The Morgan fingerprint density at radius 3 is 2.56 bits per heavy atom. The van der Waals surface area contributed by atoms with Crippen LogP contribution in [0.15, 0.2) is 18.2 Å². The van der Waals surface area contributed by atoms with E-state index < -0.39 is 17.8 Å². The van der Waals surface area contributed by atoms with Crippen molar-refractivity contribution in [2.24, 2.45) is 5.92 Å². The number of amides is 1. The Morgan fingerprint density at radius 2 is 2.06 bits per heavy atom. The minimum absolute atomic E-state index is 0.494. The first kappa shape index (κ1) is 12.5. The van der Waals surface area contributed by atoms with Crippen molar-refractivity contribution in [3.8, 4) is 0 Å². The topological polar surface area (TPSA) is 66.4 Å². The van der Waals surface area contributed by atoms with Crippen molar-refractivity contribution >= 4 is 29.2 Å². The number of carboxylic acids is 1. The summed E-state index contributed by atoms with van der Waals surface area (Å²) in [6.45, 7) is 3.17. The summed E-state index contributed by atoms with van der Waals surface area (Å²) >= 11 is 5.87. The van der Waals surface area contributed by atoms with Crippen molar-refractivity contribution in [3.05, 3.63) is 28.8 Å². The summed E-state index contributed by atoms with van der Waals surface area (Å²) in [5, 5.41) is 11.7. The van der Waals surface area contributed by atoms with Gasteiger partial charge in [-0.05, 0) is 31.5 Å².